The van der Waals surface area contributed by atoms with E-state index < -0.39 is 17.6 Å². The van der Waals surface area contributed by atoms with Crippen LogP contribution in [0.1, 0.15) is 37.7 Å². The van der Waals surface area contributed by atoms with Gasteiger partial charge in [0, 0.05) is 24.6 Å². The van der Waals surface area contributed by atoms with Crippen LogP contribution in [-0.4, -0.2) is 27.1 Å². The Labute approximate surface area is 172 Å². The molecule has 1 aromatic carbocycles. The zero-order valence-electron chi connectivity index (χ0n) is 17.0. The minimum atomic E-state index is -0.826. The number of hydrogen-bond donors (Lipinski definition) is 2. The van der Waals surface area contributed by atoms with E-state index in [4.69, 9.17) is 0 Å². The molecule has 30 heavy (non-hydrogen) atoms. The second kappa shape index (κ2) is 8.28. The van der Waals surface area contributed by atoms with E-state index in [9.17, 15) is 18.8 Å². The first-order chi connectivity index (χ1) is 14.2. The van der Waals surface area contributed by atoms with Crippen molar-refractivity contribution in [1.29, 1.82) is 0 Å². The second-order valence-corrected chi connectivity index (χ2v) is 6.94. The highest BCUT2D eigenvalue weighted by Crippen LogP contribution is 2.24. The Morgan fingerprint density at radius 3 is 2.40 bits per heavy atom. The fourth-order valence-electron chi connectivity index (χ4n) is 3.28. The van der Waals surface area contributed by atoms with Crippen molar-refractivity contribution in [2.75, 3.05) is 10.6 Å². The van der Waals surface area contributed by atoms with Crippen LogP contribution in [0.5, 0.6) is 0 Å². The largest absolute Gasteiger partial charge is 0.344 e. The number of amides is 2. The van der Waals surface area contributed by atoms with Gasteiger partial charge in [0.05, 0.1) is 23.1 Å². The maximum atomic E-state index is 13.5. The van der Waals surface area contributed by atoms with Crippen LogP contribution in [0.3, 0.4) is 0 Å². The lowest BCUT2D eigenvalue weighted by Gasteiger charge is -2.07. The average molecular weight is 408 g/mol. The number of ketones is 1. The topological polar surface area (TPSA) is 93.1 Å². The van der Waals surface area contributed by atoms with E-state index in [1.54, 1.807) is 46.1 Å². The summed E-state index contributed by atoms with van der Waals surface area (Å²) in [7, 11) is 1.62. The number of benzene rings is 1. The van der Waals surface area contributed by atoms with Crippen molar-refractivity contribution in [3.63, 3.8) is 0 Å². The molecule has 3 rings (SSSR count). The quantitative estimate of drug-likeness (QED) is 0.499. The Morgan fingerprint density at radius 2 is 1.77 bits per heavy atom. The summed E-state index contributed by atoms with van der Waals surface area (Å²) in [5, 5.41) is 5.22. The van der Waals surface area contributed by atoms with E-state index in [0.29, 0.717) is 28.2 Å². The molecule has 2 N–H and O–H groups in total. The standard InChI is InChI=1S/C22H21FN4O3/c1-12-10-15(7-8-17(12)23)25-21(29)18-13(2)19(27(4)14(18)3)20(28)22(30)26-16-6-5-9-24-11-16/h5-11H,1-4H3,(H,25,29)(H,26,30). The molecule has 0 bridgehead atoms. The predicted octanol–water partition coefficient (Wildman–Crippen LogP) is 3.56. The third kappa shape index (κ3) is 3.98. The van der Waals surface area contributed by atoms with Gasteiger partial charge >= 0.3 is 0 Å². The Bertz CT molecular complexity index is 1150. The highest BCUT2D eigenvalue weighted by Gasteiger charge is 2.28. The van der Waals surface area contributed by atoms with E-state index in [-0.39, 0.29) is 17.1 Å². The number of rotatable bonds is 5. The van der Waals surface area contributed by atoms with E-state index in [0.717, 1.165) is 0 Å². The van der Waals surface area contributed by atoms with Crippen LogP contribution in [0.4, 0.5) is 15.8 Å². The molecule has 3 aromatic rings. The zero-order valence-corrected chi connectivity index (χ0v) is 17.0. The summed E-state index contributed by atoms with van der Waals surface area (Å²) in [5.74, 6) is -2.41. The normalized spacial score (nSPS) is 10.6. The van der Waals surface area contributed by atoms with Gasteiger partial charge in [0.2, 0.25) is 0 Å². The van der Waals surface area contributed by atoms with Crippen molar-refractivity contribution >= 4 is 29.0 Å². The number of aromatic nitrogens is 2. The molecule has 154 valence electrons. The number of Topliss-reactive ketones (excluding diaryl/α,β-unsaturated/α-hetero) is 1. The molecule has 0 saturated carbocycles. The molecule has 0 atom stereocenters. The van der Waals surface area contributed by atoms with Crippen molar-refractivity contribution in [3.05, 3.63) is 76.6 Å². The Balaban J connectivity index is 1.88. The summed E-state index contributed by atoms with van der Waals surface area (Å²) < 4.78 is 15.0. The van der Waals surface area contributed by atoms with Gasteiger partial charge in [0.1, 0.15) is 5.82 Å². The van der Waals surface area contributed by atoms with E-state index >= 15 is 0 Å². The van der Waals surface area contributed by atoms with Gasteiger partial charge in [-0.2, -0.15) is 0 Å². The molecule has 2 aromatic heterocycles. The lowest BCUT2D eigenvalue weighted by atomic mass is 10.1. The number of carbonyl (C=O) groups is 3. The lowest BCUT2D eigenvalue weighted by Crippen LogP contribution is -2.25. The summed E-state index contributed by atoms with van der Waals surface area (Å²) in [4.78, 5) is 42.0. The predicted molar refractivity (Wildman–Crippen MR) is 111 cm³/mol. The van der Waals surface area contributed by atoms with Crippen LogP contribution >= 0.6 is 0 Å². The molecule has 0 radical (unpaired) electrons. The van der Waals surface area contributed by atoms with Crippen molar-refractivity contribution in [2.24, 2.45) is 7.05 Å². The Kier molecular flexibility index (Phi) is 5.77. The molecule has 0 fully saturated rings. The van der Waals surface area contributed by atoms with Crippen LogP contribution < -0.4 is 10.6 Å². The molecule has 2 amide bonds. The number of halogens is 1. The highest BCUT2D eigenvalue weighted by molar-refractivity contribution is 6.46. The number of nitrogens with one attached hydrogen (secondary N) is 2. The third-order valence-electron chi connectivity index (χ3n) is 4.91. The van der Waals surface area contributed by atoms with Gasteiger partial charge in [-0.15, -0.1) is 0 Å². The fourth-order valence-corrected chi connectivity index (χ4v) is 3.28. The van der Waals surface area contributed by atoms with Gasteiger partial charge in [-0.05, 0) is 62.2 Å². The van der Waals surface area contributed by atoms with Gasteiger partial charge < -0.3 is 15.2 Å². The van der Waals surface area contributed by atoms with Crippen LogP contribution in [0.15, 0.2) is 42.7 Å². The number of hydrogen-bond acceptors (Lipinski definition) is 4. The van der Waals surface area contributed by atoms with Crippen molar-refractivity contribution in [3.8, 4) is 0 Å². The highest BCUT2D eigenvalue weighted by atomic mass is 19.1. The molecule has 2 heterocycles. The SMILES string of the molecule is Cc1cc(NC(=O)c2c(C)c(C(=O)C(=O)Nc3cccnc3)n(C)c2C)ccc1F. The summed E-state index contributed by atoms with van der Waals surface area (Å²) in [6, 6.07) is 7.51. The van der Waals surface area contributed by atoms with Gasteiger partial charge in [-0.3, -0.25) is 19.4 Å². The third-order valence-corrected chi connectivity index (χ3v) is 4.91. The van der Waals surface area contributed by atoms with E-state index in [1.165, 1.54) is 29.0 Å². The van der Waals surface area contributed by atoms with Crippen molar-refractivity contribution in [2.45, 2.75) is 20.8 Å². The van der Waals surface area contributed by atoms with Crippen molar-refractivity contribution < 1.29 is 18.8 Å². The number of carbonyl (C=O) groups excluding carboxylic acids is 3. The first kappa shape index (κ1) is 20.9. The minimum absolute atomic E-state index is 0.120. The Morgan fingerprint density at radius 1 is 1.03 bits per heavy atom. The van der Waals surface area contributed by atoms with E-state index in [1.807, 2.05) is 0 Å². The van der Waals surface area contributed by atoms with Gasteiger partial charge in [0.25, 0.3) is 17.6 Å². The molecule has 7 nitrogen and oxygen atoms in total. The molecule has 0 aliphatic rings. The molecule has 0 saturated heterocycles. The van der Waals surface area contributed by atoms with Gasteiger partial charge in [-0.1, -0.05) is 0 Å². The van der Waals surface area contributed by atoms with Crippen LogP contribution in [0.25, 0.3) is 0 Å². The molecule has 0 unspecified atom stereocenters. The zero-order chi connectivity index (χ0) is 22.0. The maximum absolute atomic E-state index is 13.5. The van der Waals surface area contributed by atoms with E-state index in [2.05, 4.69) is 15.6 Å². The summed E-state index contributed by atoms with van der Waals surface area (Å²) in [5.41, 5.74) is 2.55. The average Bonchev–Trinajstić information content (AvgIpc) is 2.93. The van der Waals surface area contributed by atoms with Crippen LogP contribution in [0, 0.1) is 26.6 Å². The molecule has 0 aliphatic carbocycles. The molecular formula is C22H21FN4O3. The molecule has 8 heteroatoms. The first-order valence-corrected chi connectivity index (χ1v) is 9.19. The number of nitrogens with zero attached hydrogens (tertiary/aromatic N) is 2. The maximum Gasteiger partial charge on any atom is 0.298 e. The monoisotopic (exact) mass is 408 g/mol. The smallest absolute Gasteiger partial charge is 0.298 e. The molecule has 0 aliphatic heterocycles. The molecule has 0 spiro atoms. The molecular weight excluding hydrogens is 387 g/mol. The second-order valence-electron chi connectivity index (χ2n) is 6.94. The number of anilines is 2. The van der Waals surface area contributed by atoms with Gasteiger partial charge in [-0.25, -0.2) is 4.39 Å². The van der Waals surface area contributed by atoms with Crippen molar-refractivity contribution in [1.82, 2.24) is 9.55 Å². The number of aryl methyl sites for hydroxylation is 1. The summed E-state index contributed by atoms with van der Waals surface area (Å²) in [6.45, 7) is 4.90. The summed E-state index contributed by atoms with van der Waals surface area (Å²) in [6.07, 6.45) is 2.98. The Hall–Kier alpha value is -3.81. The minimum Gasteiger partial charge on any atom is -0.344 e. The van der Waals surface area contributed by atoms with Gasteiger partial charge in [0.15, 0.2) is 0 Å². The first-order valence-electron chi connectivity index (χ1n) is 9.19. The number of pyridine rings is 1. The fraction of sp³-hybridized carbons (Fsp3) is 0.182. The lowest BCUT2D eigenvalue weighted by molar-refractivity contribution is -0.112. The summed E-state index contributed by atoms with van der Waals surface area (Å²) >= 11 is 0. The van der Waals surface area contributed by atoms with Crippen LogP contribution in [0.2, 0.25) is 0 Å². The van der Waals surface area contributed by atoms with Crippen LogP contribution in [-0.2, 0) is 11.8 Å².